The summed E-state index contributed by atoms with van der Waals surface area (Å²) in [6, 6.07) is -5.43. The van der Waals surface area contributed by atoms with Gasteiger partial charge in [0.25, 0.3) is 0 Å². The number of carbonyl (C=O) groups is 9. The van der Waals surface area contributed by atoms with Crippen molar-refractivity contribution in [3.8, 4) is 5.75 Å². The number of thiol groups is 1. The van der Waals surface area contributed by atoms with Crippen LogP contribution < -0.4 is 47.1 Å². The maximum atomic E-state index is 14.7. The van der Waals surface area contributed by atoms with Crippen LogP contribution in [0, 0.1) is 11.8 Å². The first-order valence-electron chi connectivity index (χ1n) is 20.7. The van der Waals surface area contributed by atoms with E-state index in [4.69, 9.17) is 9.92 Å². The Hall–Kier alpha value is -5.83. The predicted molar refractivity (Wildman–Crippen MR) is 230 cm³/mol. The van der Waals surface area contributed by atoms with Gasteiger partial charge in [-0.2, -0.15) is 0 Å². The molecule has 2 unspecified atom stereocenters. The molecule has 65 heavy (non-hydrogen) atoms. The summed E-state index contributed by atoms with van der Waals surface area (Å²) in [6.07, 6.45) is -4.38. The Morgan fingerprint density at radius 3 is 2.23 bits per heavy atom. The van der Waals surface area contributed by atoms with E-state index in [-0.39, 0.29) is 21.9 Å². The summed E-state index contributed by atoms with van der Waals surface area (Å²) in [5.74, 6) is -11.5. The Bertz CT molecular complexity index is 2230. The van der Waals surface area contributed by atoms with E-state index < -0.39 is 176 Å². The topological polar surface area (TPSA) is 370 Å². The first-order valence-corrected chi connectivity index (χ1v) is 22.4. The number of fused-ring (bicyclic) bond motifs is 5. The SMILES string of the molecule is CC[C@H](C)C1NC(=O)CNC(=O)[C@@H]2Cc3c([nH]c4cc(OS)ccc34)S(=O)C[C@H](NC(=O)CNC1=O)C(=O)N[C@@H](CC(N)=O)C(=O)N1C[C@H](O)C[C@H]1C(=O)N[C@@H]([C@@H](C)[C@@H](O)CO)C(=O)N2. The molecule has 26 heteroatoms. The second-order valence-corrected chi connectivity index (χ2v) is 17.8. The Kier molecular flexibility index (Phi) is 16.9. The quantitative estimate of drug-likeness (QED) is 0.0869. The van der Waals surface area contributed by atoms with Gasteiger partial charge in [0, 0.05) is 49.7 Å². The molecule has 1 fully saturated rings. The summed E-state index contributed by atoms with van der Waals surface area (Å²) < 4.78 is 19.7. The molecule has 0 saturated carbocycles. The number of benzene rings is 1. The molecule has 5 rings (SSSR count). The molecule has 2 aromatic rings. The van der Waals surface area contributed by atoms with Crippen molar-refractivity contribution < 1.29 is 66.9 Å². The van der Waals surface area contributed by atoms with Crippen LogP contribution in [0.15, 0.2) is 23.2 Å². The summed E-state index contributed by atoms with van der Waals surface area (Å²) in [7, 11) is -2.36. The number of nitrogens with two attached hydrogens (primary N) is 1. The van der Waals surface area contributed by atoms with Gasteiger partial charge in [0.05, 0.1) is 60.4 Å². The minimum absolute atomic E-state index is 0.118. The number of hydrogen-bond donors (Lipinski definition) is 13. The number of aliphatic hydroxyl groups is 3. The van der Waals surface area contributed by atoms with Crippen molar-refractivity contribution >= 4 is 87.8 Å². The number of primary amides is 1. The lowest BCUT2D eigenvalue weighted by Gasteiger charge is -2.32. The maximum absolute atomic E-state index is 14.7. The molecule has 0 radical (unpaired) electrons. The molecule has 356 valence electrons. The lowest BCUT2D eigenvalue weighted by Crippen LogP contribution is -2.62. The molecular weight excluding hydrogens is 897 g/mol. The van der Waals surface area contributed by atoms with Crippen molar-refractivity contribution in [3.05, 3.63) is 23.8 Å². The van der Waals surface area contributed by atoms with Crippen molar-refractivity contribution in [1.82, 2.24) is 47.1 Å². The van der Waals surface area contributed by atoms with Gasteiger partial charge in [0.2, 0.25) is 53.2 Å². The van der Waals surface area contributed by atoms with E-state index in [0.717, 1.165) is 4.90 Å². The number of aliphatic hydroxyl groups excluding tert-OH is 3. The number of aromatic amines is 1. The summed E-state index contributed by atoms with van der Waals surface area (Å²) >= 11 is 3.85. The third-order valence-electron chi connectivity index (χ3n) is 11.6. The Morgan fingerprint density at radius 1 is 0.908 bits per heavy atom. The van der Waals surface area contributed by atoms with Gasteiger partial charge in [-0.05, 0) is 23.6 Å². The van der Waals surface area contributed by atoms with Crippen molar-refractivity contribution in [2.45, 2.75) is 99.9 Å². The molecule has 9 amide bonds. The lowest BCUT2D eigenvalue weighted by molar-refractivity contribution is -0.144. The van der Waals surface area contributed by atoms with Crippen molar-refractivity contribution in [2.24, 2.45) is 17.6 Å². The highest BCUT2D eigenvalue weighted by Gasteiger charge is 2.45. The molecule has 0 spiro atoms. The van der Waals surface area contributed by atoms with Gasteiger partial charge < -0.3 is 72.3 Å². The largest absolute Gasteiger partial charge is 0.429 e. The minimum Gasteiger partial charge on any atom is -0.429 e. The van der Waals surface area contributed by atoms with Crippen LogP contribution in [0.25, 0.3) is 10.9 Å². The summed E-state index contributed by atoms with van der Waals surface area (Å²) in [5, 5.41) is 48.7. The molecule has 4 heterocycles. The monoisotopic (exact) mass is 950 g/mol. The zero-order chi connectivity index (χ0) is 47.9. The first kappa shape index (κ1) is 50.2. The number of nitrogens with zero attached hydrogens (tertiary/aromatic N) is 1. The van der Waals surface area contributed by atoms with Gasteiger partial charge >= 0.3 is 0 Å². The van der Waals surface area contributed by atoms with Gasteiger partial charge in [-0.15, -0.1) is 0 Å². The third-order valence-corrected chi connectivity index (χ3v) is 13.3. The fourth-order valence-electron chi connectivity index (χ4n) is 7.75. The van der Waals surface area contributed by atoms with Gasteiger partial charge in [-0.25, -0.2) is 0 Å². The number of H-pyrrole nitrogens is 1. The van der Waals surface area contributed by atoms with Crippen LogP contribution in [0.1, 0.15) is 45.6 Å². The first-order chi connectivity index (χ1) is 30.8. The maximum Gasteiger partial charge on any atom is 0.246 e. The number of carbonyl (C=O) groups excluding carboxylic acids is 9. The average Bonchev–Trinajstić information content (AvgIpc) is 3.85. The number of aromatic nitrogens is 1. The van der Waals surface area contributed by atoms with Crippen molar-refractivity contribution in [2.75, 3.05) is 32.0 Å². The molecule has 1 aromatic carbocycles. The number of rotatable bonds is 8. The lowest BCUT2D eigenvalue weighted by atomic mass is 9.93. The Labute approximate surface area is 379 Å². The molecule has 2 bridgehead atoms. The smallest absolute Gasteiger partial charge is 0.246 e. The Morgan fingerprint density at radius 2 is 1.58 bits per heavy atom. The highest BCUT2D eigenvalue weighted by Crippen LogP contribution is 2.31. The Balaban J connectivity index is 1.74. The van der Waals surface area contributed by atoms with Gasteiger partial charge in [0.15, 0.2) is 0 Å². The average molecular weight is 951 g/mol. The summed E-state index contributed by atoms with van der Waals surface area (Å²) in [6.45, 7) is 1.80. The van der Waals surface area contributed by atoms with Crippen LogP contribution in [0.3, 0.4) is 0 Å². The van der Waals surface area contributed by atoms with Gasteiger partial charge in [-0.1, -0.05) is 27.2 Å². The standard InChI is InChI=1S/C39H54N10O14S2/c1-4-16(2)31-36(59)42-11-29(54)43-25-15-65(62)38-21(20-6-5-19(63-64)8-22(20)46-38)9-23(33(56)41-12-30(55)47-31)44-37(60)32(17(3)27(52)14-50)48-35(58)26-7-18(51)13-49(26)39(61)24(10-28(40)53)45-34(25)57/h5-6,8,16-18,23-27,31-32,46,50-52,64H,4,7,9-15H2,1-3H3,(H2,40,53)(H,41,56)(H,42,59)(H,43,54)(H,44,60)(H,45,57)(H,47,55)(H,48,58)/t16-,17-,18+,23-,24-,25-,26-,27-,31?,32-,65?/m0/s1. The number of nitrogens with one attached hydrogen (secondary N) is 8. The third kappa shape index (κ3) is 12.1. The molecule has 11 atom stereocenters. The van der Waals surface area contributed by atoms with Gasteiger partial charge in [-0.3, -0.25) is 47.4 Å². The van der Waals surface area contributed by atoms with Crippen LogP contribution in [0.2, 0.25) is 0 Å². The number of amides is 9. The number of hydrogen-bond acceptors (Lipinski definition) is 15. The fourth-order valence-corrected chi connectivity index (χ4v) is 9.26. The van der Waals surface area contributed by atoms with Gasteiger partial charge in [0.1, 0.15) is 47.0 Å². The van der Waals surface area contributed by atoms with Crippen LogP contribution in [-0.2, 0) is 60.4 Å². The fraction of sp³-hybridized carbons (Fsp3) is 0.564. The van der Waals surface area contributed by atoms with E-state index in [1.54, 1.807) is 13.8 Å². The molecule has 0 aliphatic carbocycles. The minimum atomic E-state index is -2.36. The van der Waals surface area contributed by atoms with E-state index in [0.29, 0.717) is 11.8 Å². The van der Waals surface area contributed by atoms with Crippen molar-refractivity contribution in [1.29, 1.82) is 0 Å². The molecular formula is C39H54N10O14S2. The van der Waals surface area contributed by atoms with E-state index in [1.165, 1.54) is 25.1 Å². The highest BCUT2D eigenvalue weighted by molar-refractivity contribution is 7.85. The second kappa shape index (κ2) is 21.9. The highest BCUT2D eigenvalue weighted by atomic mass is 32.2. The van der Waals surface area contributed by atoms with Crippen LogP contribution in [0.5, 0.6) is 5.75 Å². The van der Waals surface area contributed by atoms with Crippen LogP contribution >= 0.6 is 12.9 Å². The molecule has 24 nitrogen and oxygen atoms in total. The van der Waals surface area contributed by atoms with E-state index in [9.17, 15) is 62.7 Å². The molecule has 1 saturated heterocycles. The van der Waals surface area contributed by atoms with E-state index >= 15 is 0 Å². The zero-order valence-electron chi connectivity index (χ0n) is 35.6. The van der Waals surface area contributed by atoms with E-state index in [1.807, 2.05) is 0 Å². The second-order valence-electron chi connectivity index (χ2n) is 16.2. The summed E-state index contributed by atoms with van der Waals surface area (Å²) in [5.41, 5.74) is 5.87. The van der Waals surface area contributed by atoms with Crippen LogP contribution in [-0.4, -0.2) is 163 Å². The molecule has 1 aromatic heterocycles. The van der Waals surface area contributed by atoms with Crippen LogP contribution in [0.4, 0.5) is 0 Å². The summed E-state index contributed by atoms with van der Waals surface area (Å²) in [4.78, 5) is 128. The normalized spacial score (nSPS) is 28.2. The zero-order valence-corrected chi connectivity index (χ0v) is 37.3. The molecule has 3 aliphatic heterocycles. The predicted octanol–water partition coefficient (Wildman–Crippen LogP) is -5.40. The molecule has 3 aliphatic rings. The van der Waals surface area contributed by atoms with Crippen molar-refractivity contribution in [3.63, 3.8) is 0 Å². The van der Waals surface area contributed by atoms with E-state index in [2.05, 4.69) is 55.1 Å². The molecule has 13 N–H and O–H groups in total.